The van der Waals surface area contributed by atoms with Crippen LogP contribution >= 0.6 is 11.3 Å². The van der Waals surface area contributed by atoms with E-state index in [0.29, 0.717) is 5.13 Å². The van der Waals surface area contributed by atoms with Crippen LogP contribution in [0.3, 0.4) is 0 Å². The average molecular weight is 208 g/mol. The number of rotatable bonds is 2. The number of benzene rings is 1. The number of hydrogen-bond donors (Lipinski definition) is 3. The zero-order chi connectivity index (χ0) is 10.1. The quantitative estimate of drug-likeness (QED) is 0.659. The van der Waals surface area contributed by atoms with Crippen LogP contribution in [0.2, 0.25) is 0 Å². The van der Waals surface area contributed by atoms with Crippen molar-refractivity contribution in [2.24, 2.45) is 0 Å². The molecule has 1 aromatic carbocycles. The number of nitrogens with zero attached hydrogens (tertiary/aromatic N) is 1. The van der Waals surface area contributed by atoms with Gasteiger partial charge in [-0.25, -0.2) is 4.98 Å². The molecule has 0 bridgehead atoms. The normalized spacial score (nSPS) is 10.6. The molecule has 0 fully saturated rings. The van der Waals surface area contributed by atoms with Gasteiger partial charge < -0.3 is 16.8 Å². The molecule has 14 heavy (non-hydrogen) atoms. The van der Waals surface area contributed by atoms with Crippen LogP contribution in [0.1, 0.15) is 6.92 Å². The molecule has 5 heteroatoms. The van der Waals surface area contributed by atoms with E-state index in [-0.39, 0.29) is 0 Å². The van der Waals surface area contributed by atoms with Gasteiger partial charge in [-0.2, -0.15) is 0 Å². The van der Waals surface area contributed by atoms with Crippen LogP contribution in [0.25, 0.3) is 10.2 Å². The highest BCUT2D eigenvalue weighted by Crippen LogP contribution is 2.33. The van der Waals surface area contributed by atoms with Crippen LogP contribution in [0, 0.1) is 0 Å². The molecule has 0 spiro atoms. The molecule has 2 rings (SSSR count). The van der Waals surface area contributed by atoms with Gasteiger partial charge in [0.1, 0.15) is 5.52 Å². The van der Waals surface area contributed by atoms with E-state index < -0.39 is 0 Å². The molecule has 0 saturated heterocycles. The van der Waals surface area contributed by atoms with Crippen molar-refractivity contribution in [2.45, 2.75) is 6.92 Å². The molecule has 0 radical (unpaired) electrons. The summed E-state index contributed by atoms with van der Waals surface area (Å²) in [5.74, 6) is 0. The predicted octanol–water partition coefficient (Wildman–Crippen LogP) is 1.89. The molecule has 1 heterocycles. The smallest absolute Gasteiger partial charge is 0.181 e. The number of thiazole rings is 1. The van der Waals surface area contributed by atoms with Crippen molar-refractivity contribution >= 4 is 38.1 Å². The van der Waals surface area contributed by atoms with Crippen LogP contribution in [0.15, 0.2) is 12.1 Å². The van der Waals surface area contributed by atoms with Gasteiger partial charge in [-0.3, -0.25) is 0 Å². The highest BCUT2D eigenvalue weighted by molar-refractivity contribution is 7.22. The zero-order valence-corrected chi connectivity index (χ0v) is 8.69. The molecule has 0 unspecified atom stereocenters. The van der Waals surface area contributed by atoms with Gasteiger partial charge in [-0.15, -0.1) is 0 Å². The minimum atomic E-state index is 0.553. The second kappa shape index (κ2) is 3.34. The summed E-state index contributed by atoms with van der Waals surface area (Å²) in [6.07, 6.45) is 0. The van der Waals surface area contributed by atoms with Crippen molar-refractivity contribution in [3.05, 3.63) is 12.1 Å². The summed E-state index contributed by atoms with van der Waals surface area (Å²) in [4.78, 5) is 4.25. The Morgan fingerprint density at radius 3 is 2.93 bits per heavy atom. The molecular formula is C9H12N4S. The van der Waals surface area contributed by atoms with E-state index in [0.717, 1.165) is 28.1 Å². The van der Waals surface area contributed by atoms with Crippen LogP contribution in [0.5, 0.6) is 0 Å². The molecule has 4 nitrogen and oxygen atoms in total. The van der Waals surface area contributed by atoms with Gasteiger partial charge in [0.15, 0.2) is 5.13 Å². The largest absolute Gasteiger partial charge is 0.398 e. The number of hydrogen-bond acceptors (Lipinski definition) is 5. The van der Waals surface area contributed by atoms with E-state index in [4.69, 9.17) is 11.5 Å². The summed E-state index contributed by atoms with van der Waals surface area (Å²) in [7, 11) is 0. The molecule has 0 aliphatic carbocycles. The van der Waals surface area contributed by atoms with E-state index in [9.17, 15) is 0 Å². The number of nitrogens with two attached hydrogens (primary N) is 2. The minimum absolute atomic E-state index is 0.553. The van der Waals surface area contributed by atoms with Gasteiger partial charge in [0.2, 0.25) is 0 Å². The van der Waals surface area contributed by atoms with Gasteiger partial charge >= 0.3 is 0 Å². The molecule has 0 aliphatic heterocycles. The van der Waals surface area contributed by atoms with Crippen molar-refractivity contribution in [3.8, 4) is 0 Å². The van der Waals surface area contributed by atoms with Gasteiger partial charge in [-0.05, 0) is 19.1 Å². The van der Waals surface area contributed by atoms with Crippen LogP contribution in [-0.4, -0.2) is 11.5 Å². The molecule has 2 aromatic rings. The first kappa shape index (κ1) is 9.08. The lowest BCUT2D eigenvalue weighted by Gasteiger charge is -2.04. The molecule has 74 valence electrons. The minimum Gasteiger partial charge on any atom is -0.398 e. The maximum absolute atomic E-state index is 5.82. The number of nitrogens with one attached hydrogen (secondary N) is 1. The highest BCUT2D eigenvalue weighted by atomic mass is 32.1. The third-order valence-electron chi connectivity index (χ3n) is 1.96. The lowest BCUT2D eigenvalue weighted by atomic mass is 10.2. The maximum Gasteiger partial charge on any atom is 0.181 e. The van der Waals surface area contributed by atoms with E-state index in [1.165, 1.54) is 11.3 Å². The van der Waals surface area contributed by atoms with Crippen LogP contribution in [-0.2, 0) is 0 Å². The maximum atomic E-state index is 5.82. The van der Waals surface area contributed by atoms with Crippen molar-refractivity contribution in [1.82, 2.24) is 4.98 Å². The fourth-order valence-electron chi connectivity index (χ4n) is 1.38. The Morgan fingerprint density at radius 1 is 1.43 bits per heavy atom. The Bertz CT molecular complexity index is 463. The van der Waals surface area contributed by atoms with Crippen LogP contribution in [0.4, 0.5) is 16.5 Å². The lowest BCUT2D eigenvalue weighted by Crippen LogP contribution is -1.98. The monoisotopic (exact) mass is 208 g/mol. The van der Waals surface area contributed by atoms with E-state index in [1.54, 1.807) is 0 Å². The SMILES string of the molecule is CCNc1ccc(N)c2sc(N)nc12. The van der Waals surface area contributed by atoms with Crippen molar-refractivity contribution in [1.29, 1.82) is 0 Å². The average Bonchev–Trinajstić information content (AvgIpc) is 2.53. The van der Waals surface area contributed by atoms with Gasteiger partial charge in [0.05, 0.1) is 16.1 Å². The second-order valence-corrected chi connectivity index (χ2v) is 3.99. The lowest BCUT2D eigenvalue weighted by molar-refractivity contribution is 1.22. The summed E-state index contributed by atoms with van der Waals surface area (Å²) in [5, 5.41) is 3.78. The Balaban J connectivity index is 2.68. The molecule has 0 aliphatic rings. The summed E-state index contributed by atoms with van der Waals surface area (Å²) >= 11 is 1.42. The number of fused-ring (bicyclic) bond motifs is 1. The van der Waals surface area contributed by atoms with Gasteiger partial charge in [0, 0.05) is 6.54 Å². The van der Waals surface area contributed by atoms with Crippen LogP contribution < -0.4 is 16.8 Å². The van der Waals surface area contributed by atoms with Crippen molar-refractivity contribution in [3.63, 3.8) is 0 Å². The molecule has 0 saturated carbocycles. The molecule has 5 N–H and O–H groups in total. The summed E-state index contributed by atoms with van der Waals surface area (Å²) in [6, 6.07) is 3.80. The third kappa shape index (κ3) is 1.35. The summed E-state index contributed by atoms with van der Waals surface area (Å²) in [5.41, 5.74) is 14.1. The van der Waals surface area contributed by atoms with Gasteiger partial charge in [0.25, 0.3) is 0 Å². The standard InChI is InChI=1S/C9H12N4S/c1-2-12-6-4-3-5(10)8-7(6)13-9(11)14-8/h3-4,12H,2,10H2,1H3,(H2,11,13). The van der Waals surface area contributed by atoms with Gasteiger partial charge in [-0.1, -0.05) is 11.3 Å². The summed E-state index contributed by atoms with van der Waals surface area (Å²) < 4.78 is 0.959. The number of aromatic nitrogens is 1. The Kier molecular flexibility index (Phi) is 2.17. The molecular weight excluding hydrogens is 196 g/mol. The van der Waals surface area contributed by atoms with E-state index in [2.05, 4.69) is 10.3 Å². The second-order valence-electron chi connectivity index (χ2n) is 2.96. The first-order chi connectivity index (χ1) is 6.72. The topological polar surface area (TPSA) is 77.0 Å². The Hall–Kier alpha value is -1.49. The zero-order valence-electron chi connectivity index (χ0n) is 7.87. The first-order valence-corrected chi connectivity index (χ1v) is 5.22. The predicted molar refractivity (Wildman–Crippen MR) is 62.6 cm³/mol. The van der Waals surface area contributed by atoms with Crippen molar-refractivity contribution < 1.29 is 0 Å². The number of nitrogen functional groups attached to an aromatic ring is 2. The van der Waals surface area contributed by atoms with E-state index >= 15 is 0 Å². The molecule has 0 atom stereocenters. The highest BCUT2D eigenvalue weighted by Gasteiger charge is 2.08. The Morgan fingerprint density at radius 2 is 2.21 bits per heavy atom. The number of anilines is 3. The molecule has 1 aromatic heterocycles. The summed E-state index contributed by atoms with van der Waals surface area (Å²) in [6.45, 7) is 2.90. The third-order valence-corrected chi connectivity index (χ3v) is 2.89. The fourth-order valence-corrected chi connectivity index (χ4v) is 2.16. The van der Waals surface area contributed by atoms with Crippen molar-refractivity contribution in [2.75, 3.05) is 23.3 Å². The first-order valence-electron chi connectivity index (χ1n) is 4.40. The fraction of sp³-hybridized carbons (Fsp3) is 0.222. The van der Waals surface area contributed by atoms with E-state index in [1.807, 2.05) is 19.1 Å². The Labute approximate surface area is 85.9 Å². The molecule has 0 amide bonds.